The highest BCUT2D eigenvalue weighted by Crippen LogP contribution is 2.34. The Balaban J connectivity index is 1.50. The van der Waals surface area contributed by atoms with Crippen LogP contribution in [0.1, 0.15) is 28.4 Å². The van der Waals surface area contributed by atoms with Gasteiger partial charge in [-0.05, 0) is 79.6 Å². The molecule has 3 N–H and O–H groups in total. The summed E-state index contributed by atoms with van der Waals surface area (Å²) in [5.41, 5.74) is 3.69. The molecule has 0 bridgehead atoms. The molecule has 13 heteroatoms. The first-order valence-corrected chi connectivity index (χ1v) is 14.3. The number of rotatable bonds is 6. The highest BCUT2D eigenvalue weighted by molar-refractivity contribution is 7.89. The third-order valence-corrected chi connectivity index (χ3v) is 8.79. The van der Waals surface area contributed by atoms with Crippen LogP contribution in [-0.2, 0) is 21.2 Å². The van der Waals surface area contributed by atoms with Crippen LogP contribution in [0, 0.1) is 13.8 Å². The second-order valence-electron chi connectivity index (χ2n) is 9.41. The van der Waals surface area contributed by atoms with E-state index >= 15 is 0 Å². The Morgan fingerprint density at radius 1 is 1.00 bits per heavy atom. The number of halogens is 2. The fourth-order valence-electron chi connectivity index (χ4n) is 4.85. The average Bonchev–Trinajstić information content (AvgIpc) is 3.23. The topological polar surface area (TPSA) is 134 Å². The molecule has 0 saturated heterocycles. The standard InChI is InChI=1S/C27H24Cl2N4O6S/c1-15-9-16(2)11-19(10-15)33-27(35)24-23(30-33)7-8-32(25(24)26(34)31-36)40(37,38)22-5-3-20(4-6-22)39-21-13-17(28)12-18(29)14-21/h3-6,9-14,25,30,36H,7-8H2,1-2H3,(H,31,34). The van der Waals surface area contributed by atoms with Crippen molar-refractivity contribution < 1.29 is 23.2 Å². The number of ether oxygens (including phenoxy) is 1. The van der Waals surface area contributed by atoms with Crippen molar-refractivity contribution >= 4 is 39.1 Å². The molecule has 5 rings (SSSR count). The molecule has 208 valence electrons. The summed E-state index contributed by atoms with van der Waals surface area (Å²) in [6, 6.07) is 14.2. The second kappa shape index (κ2) is 10.8. The maximum Gasteiger partial charge on any atom is 0.276 e. The molecule has 1 amide bonds. The van der Waals surface area contributed by atoms with Crippen molar-refractivity contribution in [2.45, 2.75) is 31.2 Å². The number of carbonyl (C=O) groups is 1. The van der Waals surface area contributed by atoms with E-state index in [0.717, 1.165) is 15.4 Å². The van der Waals surface area contributed by atoms with Gasteiger partial charge in [0.2, 0.25) is 10.0 Å². The number of aromatic nitrogens is 2. The van der Waals surface area contributed by atoms with Gasteiger partial charge in [-0.15, -0.1) is 0 Å². The number of hydrogen-bond acceptors (Lipinski definition) is 6. The summed E-state index contributed by atoms with van der Waals surface area (Å²) in [7, 11) is -4.30. The maximum absolute atomic E-state index is 13.7. The molecule has 0 radical (unpaired) electrons. The molecular formula is C27H24Cl2N4O6S. The van der Waals surface area contributed by atoms with Crippen LogP contribution in [0.25, 0.3) is 5.69 Å². The van der Waals surface area contributed by atoms with Gasteiger partial charge in [0.1, 0.15) is 17.5 Å². The normalized spacial score (nSPS) is 15.5. The molecule has 3 aromatic carbocycles. The lowest BCUT2D eigenvalue weighted by Gasteiger charge is -2.32. The Kier molecular flexibility index (Phi) is 7.51. The Morgan fingerprint density at radius 2 is 1.62 bits per heavy atom. The first kappa shape index (κ1) is 27.9. The lowest BCUT2D eigenvalue weighted by Crippen LogP contribution is -2.48. The van der Waals surface area contributed by atoms with E-state index in [9.17, 15) is 23.2 Å². The van der Waals surface area contributed by atoms with E-state index < -0.39 is 27.5 Å². The van der Waals surface area contributed by atoms with E-state index in [0.29, 0.717) is 32.9 Å². The first-order chi connectivity index (χ1) is 19.0. The van der Waals surface area contributed by atoms with Gasteiger partial charge in [0, 0.05) is 28.7 Å². The van der Waals surface area contributed by atoms with Crippen molar-refractivity contribution in [1.82, 2.24) is 19.6 Å². The van der Waals surface area contributed by atoms with Crippen LogP contribution in [0.2, 0.25) is 10.0 Å². The van der Waals surface area contributed by atoms with Crippen LogP contribution in [0.4, 0.5) is 0 Å². The summed E-state index contributed by atoms with van der Waals surface area (Å²) < 4.78 is 35.4. The molecule has 4 aromatic rings. The number of nitrogens with zero attached hydrogens (tertiary/aromatic N) is 2. The minimum absolute atomic E-state index is 0.0571. The van der Waals surface area contributed by atoms with Crippen LogP contribution >= 0.6 is 23.2 Å². The van der Waals surface area contributed by atoms with Crippen LogP contribution in [0.3, 0.4) is 0 Å². The highest BCUT2D eigenvalue weighted by Gasteiger charge is 2.44. The van der Waals surface area contributed by atoms with Gasteiger partial charge >= 0.3 is 0 Å². The molecule has 1 aliphatic rings. The monoisotopic (exact) mass is 602 g/mol. The van der Waals surface area contributed by atoms with Crippen LogP contribution < -0.4 is 15.8 Å². The molecule has 1 unspecified atom stereocenters. The molecule has 10 nitrogen and oxygen atoms in total. The van der Waals surface area contributed by atoms with Crippen LogP contribution in [0.5, 0.6) is 11.5 Å². The first-order valence-electron chi connectivity index (χ1n) is 12.1. The summed E-state index contributed by atoms with van der Waals surface area (Å²) in [5, 5.41) is 13.3. The third kappa shape index (κ3) is 5.26. The molecule has 1 aliphatic heterocycles. The second-order valence-corrected chi connectivity index (χ2v) is 12.2. The smallest absolute Gasteiger partial charge is 0.276 e. The Labute approximate surface area is 239 Å². The van der Waals surface area contributed by atoms with Gasteiger partial charge in [-0.25, -0.2) is 18.6 Å². The zero-order chi connectivity index (χ0) is 28.8. The van der Waals surface area contributed by atoms with Crippen molar-refractivity contribution in [3.8, 4) is 17.2 Å². The number of fused-ring (bicyclic) bond motifs is 1. The number of hydroxylamine groups is 1. The van der Waals surface area contributed by atoms with Gasteiger partial charge in [0.15, 0.2) is 0 Å². The zero-order valence-electron chi connectivity index (χ0n) is 21.3. The highest BCUT2D eigenvalue weighted by atomic mass is 35.5. The molecule has 40 heavy (non-hydrogen) atoms. The van der Waals surface area contributed by atoms with Gasteiger partial charge in [-0.1, -0.05) is 29.3 Å². The molecule has 1 atom stereocenters. The molecule has 0 spiro atoms. The lowest BCUT2D eigenvalue weighted by molar-refractivity contribution is -0.133. The lowest BCUT2D eigenvalue weighted by atomic mass is 10.0. The van der Waals surface area contributed by atoms with E-state index in [2.05, 4.69) is 5.10 Å². The number of carbonyl (C=O) groups excluding carboxylic acids is 1. The summed E-state index contributed by atoms with van der Waals surface area (Å²) in [5.74, 6) is -0.361. The SMILES string of the molecule is Cc1cc(C)cc(-n2[nH]c3c(c2=O)C(C(=O)NO)N(S(=O)(=O)c2ccc(Oc4cc(Cl)cc(Cl)c4)cc2)CC3)c1. The van der Waals surface area contributed by atoms with E-state index in [4.69, 9.17) is 27.9 Å². The maximum atomic E-state index is 13.7. The largest absolute Gasteiger partial charge is 0.457 e. The minimum Gasteiger partial charge on any atom is -0.457 e. The number of benzene rings is 3. The van der Waals surface area contributed by atoms with Crippen molar-refractivity contribution in [2.24, 2.45) is 0 Å². The van der Waals surface area contributed by atoms with E-state index in [1.54, 1.807) is 30.3 Å². The van der Waals surface area contributed by atoms with Crippen molar-refractivity contribution in [1.29, 1.82) is 0 Å². The molecular weight excluding hydrogens is 579 g/mol. The van der Waals surface area contributed by atoms with Gasteiger partial charge in [-0.2, -0.15) is 4.31 Å². The van der Waals surface area contributed by atoms with Crippen molar-refractivity contribution in [2.75, 3.05) is 6.54 Å². The number of sulfonamides is 1. The van der Waals surface area contributed by atoms with Crippen molar-refractivity contribution in [3.63, 3.8) is 0 Å². The fourth-order valence-corrected chi connectivity index (χ4v) is 6.91. The quantitative estimate of drug-likeness (QED) is 0.217. The Hall–Kier alpha value is -3.61. The number of H-pyrrole nitrogens is 1. The summed E-state index contributed by atoms with van der Waals surface area (Å²) in [6.45, 7) is 3.67. The van der Waals surface area contributed by atoms with E-state index in [-0.39, 0.29) is 23.4 Å². The van der Waals surface area contributed by atoms with Crippen molar-refractivity contribution in [3.05, 3.63) is 103 Å². The van der Waals surface area contributed by atoms with Crippen LogP contribution in [0.15, 0.2) is 70.4 Å². The number of aromatic amines is 1. The van der Waals surface area contributed by atoms with Gasteiger partial charge in [-0.3, -0.25) is 19.9 Å². The predicted molar refractivity (Wildman–Crippen MR) is 149 cm³/mol. The summed E-state index contributed by atoms with van der Waals surface area (Å²) >= 11 is 12.0. The van der Waals surface area contributed by atoms with E-state index in [1.807, 2.05) is 19.9 Å². The summed E-state index contributed by atoms with van der Waals surface area (Å²) in [6.07, 6.45) is 0.146. The third-order valence-electron chi connectivity index (χ3n) is 6.47. The van der Waals surface area contributed by atoms with Crippen LogP contribution in [-0.4, -0.2) is 40.2 Å². The number of hydrogen-bond donors (Lipinski definition) is 3. The predicted octanol–water partition coefficient (Wildman–Crippen LogP) is 4.68. The molecule has 0 aliphatic carbocycles. The van der Waals surface area contributed by atoms with Gasteiger partial charge in [0.25, 0.3) is 11.5 Å². The molecule has 2 heterocycles. The molecule has 1 aromatic heterocycles. The van der Waals surface area contributed by atoms with E-state index in [1.165, 1.54) is 34.4 Å². The zero-order valence-corrected chi connectivity index (χ0v) is 23.6. The Morgan fingerprint density at radius 3 is 2.23 bits per heavy atom. The fraction of sp³-hybridized carbons (Fsp3) is 0.185. The van der Waals surface area contributed by atoms with Gasteiger partial charge < -0.3 is 4.74 Å². The number of nitrogens with one attached hydrogen (secondary N) is 2. The Bertz CT molecular complexity index is 1740. The number of aryl methyl sites for hydroxylation is 2. The molecule has 0 fully saturated rings. The minimum atomic E-state index is -4.30. The number of amides is 1. The average molecular weight is 603 g/mol. The van der Waals surface area contributed by atoms with Gasteiger partial charge in [0.05, 0.1) is 16.1 Å². The molecule has 0 saturated carbocycles. The summed E-state index contributed by atoms with van der Waals surface area (Å²) in [4.78, 5) is 26.3.